The van der Waals surface area contributed by atoms with Crippen molar-refractivity contribution in [2.45, 2.75) is 6.42 Å². The van der Waals surface area contributed by atoms with E-state index in [1.54, 1.807) is 0 Å². The van der Waals surface area contributed by atoms with Crippen LogP contribution in [-0.4, -0.2) is 11.5 Å². The number of pyridine rings is 1. The Labute approximate surface area is 115 Å². The predicted molar refractivity (Wildman–Crippen MR) is 62.6 cm³/mol. The van der Waals surface area contributed by atoms with Crippen molar-refractivity contribution in [1.29, 1.82) is 0 Å². The van der Waals surface area contributed by atoms with Crippen LogP contribution in [0.25, 0.3) is 0 Å². The number of hydrogen-bond donors (Lipinski definition) is 1. The minimum atomic E-state index is -1.78. The molecule has 2 aromatic rings. The Morgan fingerprint density at radius 3 is 1.86 bits per heavy atom. The second kappa shape index (κ2) is 6.02. The zero-order valence-electron chi connectivity index (χ0n) is 10.4. The molecule has 0 saturated carbocycles. The van der Waals surface area contributed by atoms with Gasteiger partial charge in [-0.05, 0) is 24.1 Å². The van der Waals surface area contributed by atoms with E-state index in [9.17, 15) is 26.3 Å². The quantitative estimate of drug-likeness (QED) is 0.690. The third-order valence-corrected chi connectivity index (χ3v) is 2.64. The lowest BCUT2D eigenvalue weighted by Gasteiger charge is -2.09. The largest absolute Gasteiger partial charge is 0.380 e. The van der Waals surface area contributed by atoms with Crippen molar-refractivity contribution in [3.8, 4) is 0 Å². The maximum atomic E-state index is 13.3. The second-order valence-corrected chi connectivity index (χ2v) is 4.15. The van der Waals surface area contributed by atoms with Crippen molar-refractivity contribution in [2.75, 3.05) is 11.9 Å². The summed E-state index contributed by atoms with van der Waals surface area (Å²) < 4.78 is 78.1. The number of rotatable bonds is 4. The van der Waals surface area contributed by atoms with E-state index in [-0.39, 0.29) is 18.5 Å². The summed E-state index contributed by atoms with van der Waals surface area (Å²) in [7, 11) is 0. The first kappa shape index (κ1) is 15.1. The maximum Gasteiger partial charge on any atom is 0.253 e. The summed E-state index contributed by atoms with van der Waals surface area (Å²) in [6.45, 7) is -0.195. The number of halogens is 6. The summed E-state index contributed by atoms with van der Waals surface area (Å²) in [6, 6.07) is 2.74. The van der Waals surface area contributed by atoms with Crippen LogP contribution >= 0.6 is 0 Å². The van der Waals surface area contributed by atoms with Crippen LogP contribution < -0.4 is 5.32 Å². The van der Waals surface area contributed by atoms with Crippen molar-refractivity contribution in [2.24, 2.45) is 0 Å². The molecule has 0 spiro atoms. The molecule has 0 fully saturated rings. The van der Waals surface area contributed by atoms with Gasteiger partial charge in [0.2, 0.25) is 11.6 Å². The number of aromatic nitrogens is 1. The topological polar surface area (TPSA) is 24.9 Å². The van der Waals surface area contributed by atoms with Gasteiger partial charge in [-0.2, -0.15) is 22.5 Å². The first-order valence-electron chi connectivity index (χ1n) is 5.77. The van der Waals surface area contributed by atoms with Crippen LogP contribution in [0.15, 0.2) is 18.2 Å². The highest BCUT2D eigenvalue weighted by Gasteiger charge is 2.20. The zero-order valence-corrected chi connectivity index (χ0v) is 10.4. The molecule has 0 radical (unpaired) electrons. The lowest BCUT2D eigenvalue weighted by Crippen LogP contribution is -2.12. The minimum absolute atomic E-state index is 0.0148. The molecule has 1 aromatic carbocycles. The van der Waals surface area contributed by atoms with E-state index >= 15 is 0 Å². The molecule has 0 atom stereocenters. The summed E-state index contributed by atoms with van der Waals surface area (Å²) in [5.74, 6) is -8.51. The third kappa shape index (κ3) is 3.45. The number of anilines is 1. The standard InChI is InChI=1S/C13H8F6N2/c14-7-3-6(4-8(15)5-7)1-2-20-11-9(16)12(18)21-13(19)10(11)17/h3-5H,1-2H2,(H,20,21). The van der Waals surface area contributed by atoms with Crippen molar-refractivity contribution < 1.29 is 26.3 Å². The lowest BCUT2D eigenvalue weighted by atomic mass is 10.1. The normalized spacial score (nSPS) is 10.8. The molecular formula is C13H8F6N2. The fourth-order valence-corrected chi connectivity index (χ4v) is 1.73. The molecule has 0 aliphatic rings. The van der Waals surface area contributed by atoms with E-state index in [4.69, 9.17) is 0 Å². The molecule has 0 bridgehead atoms. The van der Waals surface area contributed by atoms with Gasteiger partial charge in [-0.15, -0.1) is 0 Å². The maximum absolute atomic E-state index is 13.3. The Bertz CT molecular complexity index is 628. The SMILES string of the molecule is Fc1cc(F)cc(CCNc2c(F)c(F)nc(F)c2F)c1. The summed E-state index contributed by atoms with van der Waals surface area (Å²) in [5.41, 5.74) is -0.798. The number of hydrogen-bond acceptors (Lipinski definition) is 2. The molecule has 112 valence electrons. The van der Waals surface area contributed by atoms with Gasteiger partial charge in [-0.1, -0.05) is 0 Å². The van der Waals surface area contributed by atoms with Crippen LogP contribution in [0.5, 0.6) is 0 Å². The average Bonchev–Trinajstić information content (AvgIpc) is 2.39. The lowest BCUT2D eigenvalue weighted by molar-refractivity contribution is 0.410. The number of benzene rings is 1. The number of nitrogens with one attached hydrogen (secondary N) is 1. The third-order valence-electron chi connectivity index (χ3n) is 2.64. The fraction of sp³-hybridized carbons (Fsp3) is 0.154. The van der Waals surface area contributed by atoms with Crippen molar-refractivity contribution in [3.05, 3.63) is 58.9 Å². The first-order valence-corrected chi connectivity index (χ1v) is 5.77. The fourth-order valence-electron chi connectivity index (χ4n) is 1.73. The van der Waals surface area contributed by atoms with Gasteiger partial charge in [0.15, 0.2) is 0 Å². The molecule has 0 unspecified atom stereocenters. The first-order chi connectivity index (χ1) is 9.88. The highest BCUT2D eigenvalue weighted by molar-refractivity contribution is 5.45. The molecule has 8 heteroatoms. The summed E-state index contributed by atoms with van der Waals surface area (Å²) >= 11 is 0. The minimum Gasteiger partial charge on any atom is -0.380 e. The predicted octanol–water partition coefficient (Wildman–Crippen LogP) is 3.57. The van der Waals surface area contributed by atoms with E-state index in [0.29, 0.717) is 6.07 Å². The highest BCUT2D eigenvalue weighted by atomic mass is 19.2. The van der Waals surface area contributed by atoms with Gasteiger partial charge in [0.05, 0.1) is 0 Å². The molecule has 2 rings (SSSR count). The van der Waals surface area contributed by atoms with Gasteiger partial charge in [0.25, 0.3) is 11.9 Å². The molecule has 1 aromatic heterocycles. The molecule has 0 amide bonds. The smallest absolute Gasteiger partial charge is 0.253 e. The van der Waals surface area contributed by atoms with Crippen LogP contribution in [0.3, 0.4) is 0 Å². The van der Waals surface area contributed by atoms with Crippen LogP contribution in [0.1, 0.15) is 5.56 Å². The highest BCUT2D eigenvalue weighted by Crippen LogP contribution is 2.22. The number of nitrogens with zero attached hydrogens (tertiary/aromatic N) is 1. The second-order valence-electron chi connectivity index (χ2n) is 4.15. The molecule has 1 N–H and O–H groups in total. The average molecular weight is 306 g/mol. The van der Waals surface area contributed by atoms with Crippen molar-refractivity contribution in [3.63, 3.8) is 0 Å². The Morgan fingerprint density at radius 1 is 0.810 bits per heavy atom. The van der Waals surface area contributed by atoms with Crippen molar-refractivity contribution in [1.82, 2.24) is 4.98 Å². The van der Waals surface area contributed by atoms with Gasteiger partial charge in [-0.3, -0.25) is 0 Å². The molecule has 0 aliphatic carbocycles. The van der Waals surface area contributed by atoms with Gasteiger partial charge >= 0.3 is 0 Å². The van der Waals surface area contributed by atoms with E-state index in [0.717, 1.165) is 12.1 Å². The summed E-state index contributed by atoms with van der Waals surface area (Å²) in [4.78, 5) is 2.40. The van der Waals surface area contributed by atoms with Crippen LogP contribution in [-0.2, 0) is 6.42 Å². The molecule has 21 heavy (non-hydrogen) atoms. The Hall–Kier alpha value is -2.25. The molecule has 1 heterocycles. The molecule has 0 aliphatic heterocycles. The van der Waals surface area contributed by atoms with Crippen molar-refractivity contribution >= 4 is 5.69 Å². The van der Waals surface area contributed by atoms with Gasteiger partial charge in [-0.25, -0.2) is 8.78 Å². The van der Waals surface area contributed by atoms with Crippen LogP contribution in [0, 0.1) is 35.2 Å². The Kier molecular flexibility index (Phi) is 4.35. The molecule has 0 saturated heterocycles. The van der Waals surface area contributed by atoms with E-state index in [1.165, 1.54) is 0 Å². The summed E-state index contributed by atoms with van der Waals surface area (Å²) in [6.07, 6.45) is -0.0148. The molecular weight excluding hydrogens is 298 g/mol. The van der Waals surface area contributed by atoms with E-state index in [1.807, 2.05) is 0 Å². The van der Waals surface area contributed by atoms with Crippen LogP contribution in [0.2, 0.25) is 0 Å². The monoisotopic (exact) mass is 306 g/mol. The zero-order chi connectivity index (χ0) is 15.6. The summed E-state index contributed by atoms with van der Waals surface area (Å²) in [5, 5.41) is 2.14. The van der Waals surface area contributed by atoms with Gasteiger partial charge in [0, 0.05) is 12.6 Å². The van der Waals surface area contributed by atoms with E-state index < -0.39 is 40.9 Å². The Balaban J connectivity index is 2.10. The Morgan fingerprint density at radius 2 is 1.33 bits per heavy atom. The van der Waals surface area contributed by atoms with Gasteiger partial charge < -0.3 is 5.32 Å². The van der Waals surface area contributed by atoms with E-state index in [2.05, 4.69) is 10.3 Å². The van der Waals surface area contributed by atoms with Crippen LogP contribution in [0.4, 0.5) is 32.0 Å². The molecule has 2 nitrogen and oxygen atoms in total. The van der Waals surface area contributed by atoms with Gasteiger partial charge in [0.1, 0.15) is 17.3 Å².